The number of hydrogen-bond acceptors (Lipinski definition) is 2. The molecule has 2 aromatic rings. The van der Waals surface area contributed by atoms with E-state index in [-0.39, 0.29) is 0 Å². The van der Waals surface area contributed by atoms with Crippen molar-refractivity contribution >= 4 is 43.2 Å². The fraction of sp³-hybridized carbons (Fsp3) is 0.286. The van der Waals surface area contributed by atoms with Crippen LogP contribution in [0.5, 0.6) is 0 Å². The summed E-state index contributed by atoms with van der Waals surface area (Å²) >= 11 is 8.90. The van der Waals surface area contributed by atoms with Gasteiger partial charge in [-0.3, -0.25) is 0 Å². The first-order chi connectivity index (χ1) is 8.56. The number of halogens is 2. The highest BCUT2D eigenvalue weighted by Crippen LogP contribution is 2.27. The number of hydrogen-bond donors (Lipinski definition) is 1. The zero-order chi connectivity index (χ0) is 13.1. The molecule has 1 aromatic carbocycles. The zero-order valence-corrected chi connectivity index (χ0v) is 14.3. The van der Waals surface area contributed by atoms with Crippen LogP contribution < -0.4 is 5.32 Å². The molecule has 0 amide bonds. The van der Waals surface area contributed by atoms with E-state index in [1.165, 1.54) is 19.8 Å². The molecule has 1 atom stereocenters. The molecule has 0 fully saturated rings. The topological polar surface area (TPSA) is 12.0 Å². The van der Waals surface area contributed by atoms with Gasteiger partial charge in [-0.25, -0.2) is 0 Å². The lowest BCUT2D eigenvalue weighted by atomic mass is 10.1. The molecule has 0 aliphatic carbocycles. The fourth-order valence-corrected chi connectivity index (χ4v) is 3.72. The number of aryl methyl sites for hydroxylation is 1. The van der Waals surface area contributed by atoms with E-state index in [0.717, 1.165) is 11.0 Å². The number of thiophene rings is 1. The Morgan fingerprint density at radius 2 is 2.06 bits per heavy atom. The molecule has 0 spiro atoms. The first-order valence-corrected chi connectivity index (χ1v) is 8.20. The second-order valence-electron chi connectivity index (χ2n) is 4.27. The smallest absolute Gasteiger partial charge is 0.0314 e. The number of nitrogens with one attached hydrogen (secondary N) is 1. The summed E-state index contributed by atoms with van der Waals surface area (Å²) in [6.45, 7) is 5.23. The van der Waals surface area contributed by atoms with E-state index in [1.54, 1.807) is 0 Å². The Morgan fingerprint density at radius 1 is 1.28 bits per heavy atom. The molecule has 0 radical (unpaired) electrons. The molecule has 1 aromatic heterocycles. The zero-order valence-electron chi connectivity index (χ0n) is 10.3. The minimum absolute atomic E-state index is 0.351. The van der Waals surface area contributed by atoms with Gasteiger partial charge in [0.15, 0.2) is 0 Å². The van der Waals surface area contributed by atoms with Crippen LogP contribution >= 0.6 is 43.2 Å². The first-order valence-electron chi connectivity index (χ1n) is 5.80. The summed E-state index contributed by atoms with van der Waals surface area (Å²) in [5, 5.41) is 3.55. The van der Waals surface area contributed by atoms with E-state index in [4.69, 9.17) is 0 Å². The number of benzene rings is 1. The molecule has 0 bridgehead atoms. The van der Waals surface area contributed by atoms with E-state index in [0.29, 0.717) is 6.04 Å². The van der Waals surface area contributed by atoms with Crippen LogP contribution in [0, 0.1) is 6.92 Å². The van der Waals surface area contributed by atoms with Gasteiger partial charge in [0.2, 0.25) is 0 Å². The Bertz CT molecular complexity index is 517. The van der Waals surface area contributed by atoms with Gasteiger partial charge in [0, 0.05) is 31.3 Å². The second kappa shape index (κ2) is 6.33. The molecule has 0 aliphatic rings. The lowest BCUT2D eigenvalue weighted by molar-refractivity contribution is 0.578. The standard InChI is InChI=1S/C14H15Br2NS/c1-9(11-4-3-5-12(15)6-11)17-8-13-7-14(16)10(2)18-13/h3-7,9,17H,8H2,1-2H3/t9-/m1/s1. The average molecular weight is 389 g/mol. The molecule has 1 nitrogen and oxygen atoms in total. The summed E-state index contributed by atoms with van der Waals surface area (Å²) < 4.78 is 2.34. The highest BCUT2D eigenvalue weighted by molar-refractivity contribution is 9.10. The molecule has 0 saturated heterocycles. The molecule has 0 aliphatic heterocycles. The summed E-state index contributed by atoms with van der Waals surface area (Å²) in [6.07, 6.45) is 0. The minimum Gasteiger partial charge on any atom is -0.305 e. The van der Waals surface area contributed by atoms with Crippen molar-refractivity contribution in [3.63, 3.8) is 0 Å². The van der Waals surface area contributed by atoms with Crippen LogP contribution in [0.3, 0.4) is 0 Å². The maximum absolute atomic E-state index is 3.55. The third kappa shape index (κ3) is 3.67. The summed E-state index contributed by atoms with van der Waals surface area (Å²) in [5.41, 5.74) is 1.30. The van der Waals surface area contributed by atoms with Gasteiger partial charge >= 0.3 is 0 Å². The van der Waals surface area contributed by atoms with Gasteiger partial charge in [-0.05, 0) is 53.5 Å². The van der Waals surface area contributed by atoms with Crippen molar-refractivity contribution in [2.24, 2.45) is 0 Å². The van der Waals surface area contributed by atoms with Gasteiger partial charge < -0.3 is 5.32 Å². The van der Waals surface area contributed by atoms with Gasteiger partial charge in [0.05, 0.1) is 0 Å². The van der Waals surface area contributed by atoms with Gasteiger partial charge in [-0.2, -0.15) is 0 Å². The Morgan fingerprint density at radius 3 is 2.67 bits per heavy atom. The van der Waals surface area contributed by atoms with Crippen LogP contribution in [0.15, 0.2) is 39.3 Å². The van der Waals surface area contributed by atoms with Gasteiger partial charge in [0.25, 0.3) is 0 Å². The predicted molar refractivity (Wildman–Crippen MR) is 86.2 cm³/mol. The molecule has 4 heteroatoms. The maximum atomic E-state index is 3.55. The Hall–Kier alpha value is -0.160. The molecule has 2 rings (SSSR count). The largest absolute Gasteiger partial charge is 0.305 e. The lowest BCUT2D eigenvalue weighted by Crippen LogP contribution is -2.17. The highest BCUT2D eigenvalue weighted by Gasteiger charge is 2.07. The fourth-order valence-electron chi connectivity index (χ4n) is 1.75. The monoisotopic (exact) mass is 387 g/mol. The highest BCUT2D eigenvalue weighted by atomic mass is 79.9. The molecular weight excluding hydrogens is 374 g/mol. The van der Waals surface area contributed by atoms with Crippen molar-refractivity contribution < 1.29 is 0 Å². The first kappa shape index (κ1) is 14.3. The summed E-state index contributed by atoms with van der Waals surface area (Å²) in [4.78, 5) is 2.70. The summed E-state index contributed by atoms with van der Waals surface area (Å²) in [6, 6.07) is 11.0. The van der Waals surface area contributed by atoms with Crippen molar-refractivity contribution in [1.29, 1.82) is 0 Å². The van der Waals surface area contributed by atoms with Crippen LogP contribution in [-0.2, 0) is 6.54 Å². The van der Waals surface area contributed by atoms with E-state index in [2.05, 4.69) is 81.4 Å². The van der Waals surface area contributed by atoms with E-state index < -0.39 is 0 Å². The average Bonchev–Trinajstić information content (AvgIpc) is 2.66. The van der Waals surface area contributed by atoms with Gasteiger partial charge in [-0.1, -0.05) is 28.1 Å². The maximum Gasteiger partial charge on any atom is 0.0314 e. The lowest BCUT2D eigenvalue weighted by Gasteiger charge is -2.13. The second-order valence-corrected chi connectivity index (χ2v) is 7.39. The molecule has 0 unspecified atom stereocenters. The third-order valence-corrected chi connectivity index (χ3v) is 5.47. The van der Waals surface area contributed by atoms with Crippen LogP contribution in [0.4, 0.5) is 0 Å². The van der Waals surface area contributed by atoms with E-state index in [9.17, 15) is 0 Å². The van der Waals surface area contributed by atoms with Crippen LogP contribution in [-0.4, -0.2) is 0 Å². The molecule has 96 valence electrons. The predicted octanol–water partition coefficient (Wildman–Crippen LogP) is 5.43. The molecular formula is C14H15Br2NS. The summed E-state index contributed by atoms with van der Waals surface area (Å²) in [7, 11) is 0. The quantitative estimate of drug-likeness (QED) is 0.735. The number of rotatable bonds is 4. The SMILES string of the molecule is Cc1sc(CN[C@H](C)c2cccc(Br)c2)cc1Br. The van der Waals surface area contributed by atoms with E-state index >= 15 is 0 Å². The van der Waals surface area contributed by atoms with Crippen LogP contribution in [0.2, 0.25) is 0 Å². The van der Waals surface area contributed by atoms with Gasteiger partial charge in [0.1, 0.15) is 0 Å². The summed E-state index contributed by atoms with van der Waals surface area (Å²) in [5.74, 6) is 0. The Labute approximate surface area is 129 Å². The minimum atomic E-state index is 0.351. The molecule has 1 heterocycles. The normalized spacial score (nSPS) is 12.7. The Kier molecular flexibility index (Phi) is 5.01. The van der Waals surface area contributed by atoms with Crippen molar-refractivity contribution in [2.75, 3.05) is 0 Å². The van der Waals surface area contributed by atoms with Crippen molar-refractivity contribution in [1.82, 2.24) is 5.32 Å². The van der Waals surface area contributed by atoms with Crippen molar-refractivity contribution in [2.45, 2.75) is 26.4 Å². The van der Waals surface area contributed by atoms with Gasteiger partial charge in [-0.15, -0.1) is 11.3 Å². The van der Waals surface area contributed by atoms with Crippen LogP contribution in [0.25, 0.3) is 0 Å². The molecule has 1 N–H and O–H groups in total. The van der Waals surface area contributed by atoms with Crippen molar-refractivity contribution in [3.8, 4) is 0 Å². The molecule has 18 heavy (non-hydrogen) atoms. The van der Waals surface area contributed by atoms with E-state index in [1.807, 2.05) is 11.3 Å². The Balaban J connectivity index is 1.98. The van der Waals surface area contributed by atoms with Crippen LogP contribution in [0.1, 0.15) is 28.3 Å². The van der Waals surface area contributed by atoms with Crippen molar-refractivity contribution in [3.05, 3.63) is 54.6 Å². The molecule has 0 saturated carbocycles. The third-order valence-electron chi connectivity index (χ3n) is 2.84.